The van der Waals surface area contributed by atoms with Crippen molar-refractivity contribution >= 4 is 44.4 Å². The summed E-state index contributed by atoms with van der Waals surface area (Å²) in [5.41, 5.74) is 2.05. The second-order valence-electron chi connectivity index (χ2n) is 11.5. The van der Waals surface area contributed by atoms with Crippen LogP contribution in [-0.2, 0) is 16.5 Å². The van der Waals surface area contributed by atoms with Gasteiger partial charge in [0.05, 0.1) is 22.3 Å². The highest BCUT2D eigenvalue weighted by molar-refractivity contribution is 6.04. The maximum absolute atomic E-state index is 14.1. The second kappa shape index (κ2) is 8.88. The van der Waals surface area contributed by atoms with Gasteiger partial charge in [0, 0.05) is 30.9 Å². The van der Waals surface area contributed by atoms with Gasteiger partial charge in [-0.05, 0) is 68.8 Å². The molecule has 0 unspecified atom stereocenters. The van der Waals surface area contributed by atoms with Crippen molar-refractivity contribution in [2.45, 2.75) is 50.9 Å². The van der Waals surface area contributed by atoms with Gasteiger partial charge in [0.25, 0.3) is 0 Å². The van der Waals surface area contributed by atoms with E-state index < -0.39 is 24.0 Å². The second-order valence-corrected chi connectivity index (χ2v) is 11.5. The number of ether oxygens (including phenoxy) is 3. The molecule has 0 aliphatic carbocycles. The number of carbonyl (C=O) groups excluding carboxylic acids is 1. The van der Waals surface area contributed by atoms with Crippen molar-refractivity contribution in [2.75, 3.05) is 31.5 Å². The van der Waals surface area contributed by atoms with E-state index in [1.165, 1.54) is 19.3 Å². The van der Waals surface area contributed by atoms with Gasteiger partial charge in [-0.2, -0.15) is 0 Å². The van der Waals surface area contributed by atoms with Gasteiger partial charge in [0.2, 0.25) is 0 Å². The smallest absolute Gasteiger partial charge is 0.481 e. The number of fused-ring (bicyclic) bond motifs is 7. The first kappa shape index (κ1) is 24.3. The molecule has 1 aromatic heterocycles. The molecule has 4 aromatic rings. The third kappa shape index (κ3) is 3.84. The van der Waals surface area contributed by atoms with Crippen LogP contribution in [0.2, 0.25) is 0 Å². The highest BCUT2D eigenvalue weighted by Crippen LogP contribution is 2.52. The van der Waals surface area contributed by atoms with Gasteiger partial charge < -0.3 is 29.0 Å². The molecule has 2 atom stereocenters. The Labute approximate surface area is 226 Å². The average molecular weight is 528 g/mol. The molecule has 39 heavy (non-hydrogen) atoms. The molecule has 3 aliphatic rings. The van der Waals surface area contributed by atoms with Crippen molar-refractivity contribution in [3.05, 3.63) is 58.3 Å². The molecule has 8 nitrogen and oxygen atoms in total. The predicted octanol–water partition coefficient (Wildman–Crippen LogP) is 5.49. The van der Waals surface area contributed by atoms with E-state index in [4.69, 9.17) is 14.2 Å². The van der Waals surface area contributed by atoms with E-state index >= 15 is 0 Å². The summed E-state index contributed by atoms with van der Waals surface area (Å²) in [6.07, 6.45) is 1.71. The van der Waals surface area contributed by atoms with Crippen LogP contribution in [0.15, 0.2) is 47.3 Å². The van der Waals surface area contributed by atoms with Crippen LogP contribution in [0.1, 0.15) is 44.8 Å². The van der Waals surface area contributed by atoms with E-state index in [1.807, 2.05) is 67.9 Å². The molecule has 2 saturated heterocycles. The molecule has 0 amide bonds. The molecular weight excluding hydrogens is 494 g/mol. The normalized spacial score (nSPS) is 22.3. The molecule has 7 rings (SSSR count). The van der Waals surface area contributed by atoms with Crippen molar-refractivity contribution in [3.8, 4) is 5.75 Å². The predicted molar refractivity (Wildman–Crippen MR) is 152 cm³/mol. The van der Waals surface area contributed by atoms with Crippen molar-refractivity contribution in [1.82, 2.24) is 9.47 Å². The minimum atomic E-state index is -0.813. The summed E-state index contributed by atoms with van der Waals surface area (Å²) >= 11 is 0. The zero-order valence-electron chi connectivity index (χ0n) is 22.6. The zero-order valence-corrected chi connectivity index (χ0v) is 22.6. The third-order valence-electron chi connectivity index (χ3n) is 8.59. The number of anilines is 1. The fourth-order valence-corrected chi connectivity index (χ4v) is 6.60. The summed E-state index contributed by atoms with van der Waals surface area (Å²) in [4.78, 5) is 29.0. The van der Waals surface area contributed by atoms with Crippen LogP contribution in [0, 0.1) is 0 Å². The van der Waals surface area contributed by atoms with Gasteiger partial charge in [-0.3, -0.25) is 4.79 Å². The van der Waals surface area contributed by atoms with Gasteiger partial charge >= 0.3 is 6.16 Å². The molecule has 2 fully saturated rings. The van der Waals surface area contributed by atoms with E-state index in [-0.39, 0.29) is 5.43 Å². The Hall–Kier alpha value is -3.78. The van der Waals surface area contributed by atoms with Crippen molar-refractivity contribution in [1.29, 1.82) is 0 Å². The SMILES string of the molecule is Cn1c2cc3ccccc3cc2c(=O)c2cc(NCCN3CCCCC3)c3c(c21)[C@@H]1OC(=O)O[C@@H]1C(C)(C)O3. The number of nitrogens with one attached hydrogen (secondary N) is 1. The van der Waals surface area contributed by atoms with Crippen LogP contribution in [0.25, 0.3) is 32.6 Å². The summed E-state index contributed by atoms with van der Waals surface area (Å²) in [6, 6.07) is 14.0. The van der Waals surface area contributed by atoms with E-state index in [1.54, 1.807) is 0 Å². The number of rotatable bonds is 4. The Bertz CT molecular complexity index is 1700. The van der Waals surface area contributed by atoms with Crippen LogP contribution >= 0.6 is 0 Å². The Kier molecular flexibility index (Phi) is 5.53. The van der Waals surface area contributed by atoms with Crippen molar-refractivity contribution in [3.63, 3.8) is 0 Å². The molecule has 202 valence electrons. The Morgan fingerprint density at radius 1 is 0.974 bits per heavy atom. The lowest BCUT2D eigenvalue weighted by Gasteiger charge is -2.40. The van der Waals surface area contributed by atoms with Crippen molar-refractivity contribution < 1.29 is 19.0 Å². The van der Waals surface area contributed by atoms with Crippen LogP contribution in [0.3, 0.4) is 0 Å². The standard InChI is InChI=1S/C31H33N3O5/c1-31(2)29-28(37-30(36)38-29)24-25-21(17-22(27(24)39-31)32-11-14-34-12-7-4-8-13-34)26(35)20-15-18-9-5-6-10-19(18)16-23(20)33(25)3/h5-6,9-10,15-17,28-29,32H,4,7-8,11-14H2,1-3H3/t28-,29-/m0/s1. The van der Waals surface area contributed by atoms with Gasteiger partial charge in [0.1, 0.15) is 5.60 Å². The van der Waals surface area contributed by atoms with Gasteiger partial charge in [-0.25, -0.2) is 4.79 Å². The quantitative estimate of drug-likeness (QED) is 0.278. The van der Waals surface area contributed by atoms with Crippen LogP contribution < -0.4 is 15.5 Å². The lowest BCUT2D eigenvalue weighted by Crippen LogP contribution is -2.48. The van der Waals surface area contributed by atoms with E-state index in [0.717, 1.165) is 41.6 Å². The molecule has 0 radical (unpaired) electrons. The molecular formula is C31H33N3O5. The minimum Gasteiger partial charge on any atom is -0.481 e. The summed E-state index contributed by atoms with van der Waals surface area (Å²) in [5.74, 6) is 0.612. The molecule has 3 aliphatic heterocycles. The number of aryl methyl sites for hydroxylation is 1. The highest BCUT2D eigenvalue weighted by atomic mass is 16.8. The largest absolute Gasteiger partial charge is 0.509 e. The number of aromatic nitrogens is 1. The number of nitrogens with zero attached hydrogens (tertiary/aromatic N) is 2. The highest BCUT2D eigenvalue weighted by Gasteiger charge is 2.54. The lowest BCUT2D eigenvalue weighted by atomic mass is 9.86. The van der Waals surface area contributed by atoms with E-state index in [2.05, 4.69) is 10.2 Å². The maximum atomic E-state index is 14.1. The minimum absolute atomic E-state index is 0.0580. The molecule has 4 heterocycles. The Balaban J connectivity index is 1.45. The number of pyridine rings is 1. The first-order chi connectivity index (χ1) is 18.8. The number of piperidine rings is 1. The van der Waals surface area contributed by atoms with Crippen molar-refractivity contribution in [2.24, 2.45) is 7.05 Å². The summed E-state index contributed by atoms with van der Waals surface area (Å²) in [6.45, 7) is 7.65. The summed E-state index contributed by atoms with van der Waals surface area (Å²) in [5, 5.41) is 6.85. The summed E-state index contributed by atoms with van der Waals surface area (Å²) in [7, 11) is 1.95. The molecule has 0 bridgehead atoms. The number of benzene rings is 3. The van der Waals surface area contributed by atoms with Gasteiger partial charge in [-0.15, -0.1) is 0 Å². The molecule has 3 aromatic carbocycles. The first-order valence-electron chi connectivity index (χ1n) is 13.9. The molecule has 0 spiro atoms. The zero-order chi connectivity index (χ0) is 26.9. The van der Waals surface area contributed by atoms with E-state index in [9.17, 15) is 9.59 Å². The fraction of sp³-hybridized carbons (Fsp3) is 0.419. The number of hydrogen-bond acceptors (Lipinski definition) is 7. The monoisotopic (exact) mass is 527 g/mol. The fourth-order valence-electron chi connectivity index (χ4n) is 6.60. The Morgan fingerprint density at radius 2 is 1.72 bits per heavy atom. The average Bonchev–Trinajstić information content (AvgIpc) is 3.34. The Morgan fingerprint density at radius 3 is 2.49 bits per heavy atom. The maximum Gasteiger partial charge on any atom is 0.509 e. The molecule has 8 heteroatoms. The van der Waals surface area contributed by atoms with Crippen LogP contribution in [-0.4, -0.2) is 53.5 Å². The lowest BCUT2D eigenvalue weighted by molar-refractivity contribution is -0.0493. The topological polar surface area (TPSA) is 82.0 Å². The van der Waals surface area contributed by atoms with E-state index in [0.29, 0.717) is 34.1 Å². The van der Waals surface area contributed by atoms with Gasteiger partial charge in [0.15, 0.2) is 23.4 Å². The summed E-state index contributed by atoms with van der Waals surface area (Å²) < 4.78 is 20.0. The molecule has 0 saturated carbocycles. The van der Waals surface area contributed by atoms with Gasteiger partial charge in [-0.1, -0.05) is 30.7 Å². The van der Waals surface area contributed by atoms with Crippen LogP contribution in [0.4, 0.5) is 10.5 Å². The number of carbonyl (C=O) groups is 1. The first-order valence-corrected chi connectivity index (χ1v) is 13.9. The number of hydrogen-bond donors (Lipinski definition) is 1. The van der Waals surface area contributed by atoms with Crippen LogP contribution in [0.5, 0.6) is 5.75 Å². The molecule has 1 N–H and O–H groups in total. The number of likely N-dealkylation sites (tertiary alicyclic amines) is 1. The third-order valence-corrected chi connectivity index (χ3v) is 8.59.